The van der Waals surface area contributed by atoms with Crippen molar-refractivity contribution >= 4 is 29.2 Å². The summed E-state index contributed by atoms with van der Waals surface area (Å²) in [6.07, 6.45) is 2.78. The molecule has 0 aliphatic carbocycles. The normalized spacial score (nSPS) is 18.9. The molecule has 1 atom stereocenters. The van der Waals surface area contributed by atoms with Crippen molar-refractivity contribution in [1.29, 1.82) is 0 Å². The first-order valence-corrected chi connectivity index (χ1v) is 6.95. The molecule has 2 rings (SSSR count). The molecule has 0 spiro atoms. The Labute approximate surface area is 122 Å². The van der Waals surface area contributed by atoms with E-state index in [-0.39, 0.29) is 18.0 Å². The number of hydrogen-bond acceptors (Lipinski definition) is 3. The monoisotopic (exact) mass is 296 g/mol. The number of carbonyl (C=O) groups is 2. The van der Waals surface area contributed by atoms with E-state index in [1.165, 1.54) is 0 Å². The molecule has 5 nitrogen and oxygen atoms in total. The van der Waals surface area contributed by atoms with Gasteiger partial charge in [-0.2, -0.15) is 0 Å². The molecule has 0 radical (unpaired) electrons. The number of piperidine rings is 1. The van der Waals surface area contributed by atoms with Crippen LogP contribution < -0.4 is 10.6 Å². The molecule has 1 aromatic rings. The Balaban J connectivity index is 2.39. The third-order valence-electron chi connectivity index (χ3n) is 3.58. The van der Waals surface area contributed by atoms with Crippen LogP contribution >= 0.6 is 11.6 Å². The number of nitrogens with zero attached hydrogens (tertiary/aromatic N) is 1. The van der Waals surface area contributed by atoms with Crippen LogP contribution in [0.5, 0.6) is 0 Å². The van der Waals surface area contributed by atoms with Crippen LogP contribution in [0.1, 0.15) is 36.0 Å². The number of anilines is 1. The molecule has 1 aliphatic rings. The van der Waals surface area contributed by atoms with Crippen LogP contribution in [0.15, 0.2) is 18.2 Å². The minimum atomic E-state index is -0.843. The number of carbonyl (C=O) groups excluding carboxylic acids is 1. The lowest BCUT2D eigenvalue weighted by molar-refractivity contribution is -0.137. The number of halogens is 1. The predicted octanol–water partition coefficient (Wildman–Crippen LogP) is 2.27. The highest BCUT2D eigenvalue weighted by atomic mass is 35.5. The lowest BCUT2D eigenvalue weighted by Gasteiger charge is -2.37. The number of aliphatic carboxylic acids is 1. The minimum Gasteiger partial charge on any atom is -0.481 e. The molecule has 6 heteroatoms. The van der Waals surface area contributed by atoms with Crippen molar-refractivity contribution < 1.29 is 14.7 Å². The van der Waals surface area contributed by atoms with Crippen LogP contribution in [0.25, 0.3) is 0 Å². The van der Waals surface area contributed by atoms with Gasteiger partial charge < -0.3 is 15.7 Å². The number of hydrogen-bond donors (Lipinski definition) is 2. The summed E-state index contributed by atoms with van der Waals surface area (Å²) in [4.78, 5) is 24.5. The molecule has 1 aliphatic heterocycles. The molecule has 1 saturated heterocycles. The third-order valence-corrected chi connectivity index (χ3v) is 3.90. The second-order valence-corrected chi connectivity index (χ2v) is 5.35. The van der Waals surface area contributed by atoms with Crippen LogP contribution in [0.4, 0.5) is 5.69 Å². The van der Waals surface area contributed by atoms with Crippen LogP contribution in [0.2, 0.25) is 5.02 Å². The Morgan fingerprint density at radius 2 is 2.15 bits per heavy atom. The predicted molar refractivity (Wildman–Crippen MR) is 77.2 cm³/mol. The maximum absolute atomic E-state index is 11.6. The van der Waals surface area contributed by atoms with E-state index in [9.17, 15) is 9.59 Å². The average molecular weight is 297 g/mol. The third kappa shape index (κ3) is 3.04. The molecule has 3 N–H and O–H groups in total. The maximum atomic E-state index is 11.6. The van der Waals surface area contributed by atoms with Crippen molar-refractivity contribution in [2.75, 3.05) is 11.4 Å². The Bertz CT molecular complexity index is 533. The van der Waals surface area contributed by atoms with Crippen molar-refractivity contribution in [3.05, 3.63) is 28.8 Å². The molecule has 108 valence electrons. The van der Waals surface area contributed by atoms with E-state index in [0.29, 0.717) is 17.3 Å². The lowest BCUT2D eigenvalue weighted by Crippen LogP contribution is -2.42. The summed E-state index contributed by atoms with van der Waals surface area (Å²) in [6, 6.07) is 5.00. The first kappa shape index (κ1) is 14.7. The van der Waals surface area contributed by atoms with E-state index in [1.807, 2.05) is 4.90 Å². The number of rotatable bonds is 4. The van der Waals surface area contributed by atoms with Crippen LogP contribution in [0.3, 0.4) is 0 Å². The molecule has 1 amide bonds. The van der Waals surface area contributed by atoms with Crippen molar-refractivity contribution in [2.24, 2.45) is 5.73 Å². The van der Waals surface area contributed by atoms with Gasteiger partial charge in [0.1, 0.15) is 0 Å². The standard InChI is InChI=1S/C14H17ClN2O3/c15-10-5-3-6-11(13(10)14(16)20)17-7-2-1-4-9(17)8-12(18)19/h3,5-6,9H,1-2,4,7-8H2,(H2,16,20)(H,18,19). The zero-order valence-electron chi connectivity index (χ0n) is 11.0. The Hall–Kier alpha value is -1.75. The molecule has 0 bridgehead atoms. The SMILES string of the molecule is NC(=O)c1c(Cl)cccc1N1CCCCC1CC(=O)O. The fourth-order valence-electron chi connectivity index (χ4n) is 2.73. The molecular weight excluding hydrogens is 280 g/mol. The van der Waals surface area contributed by atoms with Crippen LogP contribution in [-0.4, -0.2) is 29.6 Å². The van der Waals surface area contributed by atoms with Gasteiger partial charge >= 0.3 is 5.97 Å². The molecule has 1 fully saturated rings. The van der Waals surface area contributed by atoms with Gasteiger partial charge in [0, 0.05) is 12.6 Å². The Morgan fingerprint density at radius 3 is 2.80 bits per heavy atom. The molecule has 1 unspecified atom stereocenters. The Kier molecular flexibility index (Phi) is 4.49. The fraction of sp³-hybridized carbons (Fsp3) is 0.429. The van der Waals surface area contributed by atoms with Gasteiger partial charge in [0.05, 0.1) is 22.7 Å². The average Bonchev–Trinajstić information content (AvgIpc) is 2.38. The highest BCUT2D eigenvalue weighted by Crippen LogP contribution is 2.32. The van der Waals surface area contributed by atoms with E-state index in [2.05, 4.69) is 0 Å². The summed E-state index contributed by atoms with van der Waals surface area (Å²) in [6.45, 7) is 0.707. The highest BCUT2D eigenvalue weighted by Gasteiger charge is 2.28. The van der Waals surface area contributed by atoms with Crippen LogP contribution in [-0.2, 0) is 4.79 Å². The number of primary amides is 1. The number of benzene rings is 1. The van der Waals surface area contributed by atoms with E-state index >= 15 is 0 Å². The van der Waals surface area contributed by atoms with Gasteiger partial charge in [0.25, 0.3) is 5.91 Å². The van der Waals surface area contributed by atoms with Gasteiger partial charge in [-0.05, 0) is 31.4 Å². The summed E-state index contributed by atoms with van der Waals surface area (Å²) in [7, 11) is 0. The number of amides is 1. The molecule has 1 aromatic carbocycles. The van der Waals surface area contributed by atoms with Crippen molar-refractivity contribution in [2.45, 2.75) is 31.7 Å². The molecule has 20 heavy (non-hydrogen) atoms. The quantitative estimate of drug-likeness (QED) is 0.893. The zero-order chi connectivity index (χ0) is 14.7. The van der Waals surface area contributed by atoms with E-state index in [0.717, 1.165) is 19.3 Å². The first-order valence-electron chi connectivity index (χ1n) is 6.57. The summed E-state index contributed by atoms with van der Waals surface area (Å²) >= 11 is 6.05. The minimum absolute atomic E-state index is 0.0463. The largest absolute Gasteiger partial charge is 0.481 e. The highest BCUT2D eigenvalue weighted by molar-refractivity contribution is 6.34. The van der Waals surface area contributed by atoms with Gasteiger partial charge in [0.2, 0.25) is 0 Å². The topological polar surface area (TPSA) is 83.6 Å². The smallest absolute Gasteiger partial charge is 0.305 e. The summed E-state index contributed by atoms with van der Waals surface area (Å²) in [5.74, 6) is -1.44. The van der Waals surface area contributed by atoms with Crippen molar-refractivity contribution in [3.8, 4) is 0 Å². The number of carboxylic acid groups (broad SMARTS) is 1. The van der Waals surface area contributed by atoms with E-state index in [4.69, 9.17) is 22.4 Å². The van der Waals surface area contributed by atoms with Gasteiger partial charge in [-0.15, -0.1) is 0 Å². The van der Waals surface area contributed by atoms with Crippen molar-refractivity contribution in [3.63, 3.8) is 0 Å². The zero-order valence-corrected chi connectivity index (χ0v) is 11.8. The number of carboxylic acids is 1. The second-order valence-electron chi connectivity index (χ2n) is 4.94. The van der Waals surface area contributed by atoms with Crippen LogP contribution in [0, 0.1) is 0 Å². The lowest BCUT2D eigenvalue weighted by atomic mass is 9.97. The Morgan fingerprint density at radius 1 is 1.40 bits per heavy atom. The van der Waals surface area contributed by atoms with Gasteiger partial charge in [-0.1, -0.05) is 17.7 Å². The molecular formula is C14H17ClN2O3. The molecule has 0 saturated carbocycles. The van der Waals surface area contributed by atoms with Gasteiger partial charge in [-0.3, -0.25) is 9.59 Å². The van der Waals surface area contributed by atoms with Gasteiger partial charge in [-0.25, -0.2) is 0 Å². The maximum Gasteiger partial charge on any atom is 0.305 e. The summed E-state index contributed by atoms with van der Waals surface area (Å²) in [5, 5.41) is 9.32. The molecule has 1 heterocycles. The second kappa shape index (κ2) is 6.13. The summed E-state index contributed by atoms with van der Waals surface area (Å²) < 4.78 is 0. The first-order chi connectivity index (χ1) is 9.50. The van der Waals surface area contributed by atoms with E-state index < -0.39 is 11.9 Å². The summed E-state index contributed by atoms with van der Waals surface area (Å²) in [5.41, 5.74) is 6.31. The van der Waals surface area contributed by atoms with Gasteiger partial charge in [0.15, 0.2) is 0 Å². The van der Waals surface area contributed by atoms with Crippen molar-refractivity contribution in [1.82, 2.24) is 0 Å². The molecule has 0 aromatic heterocycles. The van der Waals surface area contributed by atoms with E-state index in [1.54, 1.807) is 18.2 Å². The fourth-order valence-corrected chi connectivity index (χ4v) is 2.99. The number of nitrogens with two attached hydrogens (primary N) is 1.